The first-order valence-corrected chi connectivity index (χ1v) is 6.28. The van der Waals surface area contributed by atoms with E-state index in [4.69, 9.17) is 21.4 Å². The molecule has 1 aliphatic heterocycles. The molecule has 1 atom stereocenters. The van der Waals surface area contributed by atoms with Crippen LogP contribution < -0.4 is 4.90 Å². The van der Waals surface area contributed by atoms with E-state index >= 15 is 0 Å². The Kier molecular flexibility index (Phi) is 4.09. The summed E-state index contributed by atoms with van der Waals surface area (Å²) in [4.78, 5) is 13.0. The van der Waals surface area contributed by atoms with Crippen molar-refractivity contribution in [1.29, 1.82) is 0 Å². The van der Waals surface area contributed by atoms with Crippen molar-refractivity contribution in [1.82, 2.24) is 0 Å². The van der Waals surface area contributed by atoms with Gasteiger partial charge in [-0.2, -0.15) is 0 Å². The quantitative estimate of drug-likeness (QED) is 0.915. The third kappa shape index (κ3) is 2.94. The SMILES string of the molecule is Cc1cc(Cl)ccc1N1CCOCC1CC(=O)O. The van der Waals surface area contributed by atoms with Gasteiger partial charge in [0, 0.05) is 17.3 Å². The zero-order valence-corrected chi connectivity index (χ0v) is 11.0. The summed E-state index contributed by atoms with van der Waals surface area (Å²) in [6.07, 6.45) is 0.0854. The van der Waals surface area contributed by atoms with Crippen molar-refractivity contribution >= 4 is 23.3 Å². The Morgan fingerprint density at radius 2 is 2.39 bits per heavy atom. The number of carboxylic acid groups (broad SMARTS) is 1. The van der Waals surface area contributed by atoms with Crippen molar-refractivity contribution in [3.63, 3.8) is 0 Å². The van der Waals surface area contributed by atoms with Crippen LogP contribution in [0.3, 0.4) is 0 Å². The highest BCUT2D eigenvalue weighted by Gasteiger charge is 2.26. The molecule has 18 heavy (non-hydrogen) atoms. The maximum absolute atomic E-state index is 10.9. The lowest BCUT2D eigenvalue weighted by molar-refractivity contribution is -0.138. The molecule has 1 unspecified atom stereocenters. The van der Waals surface area contributed by atoms with Crippen molar-refractivity contribution in [2.45, 2.75) is 19.4 Å². The monoisotopic (exact) mass is 269 g/mol. The van der Waals surface area contributed by atoms with Gasteiger partial charge in [0.1, 0.15) is 0 Å². The number of carbonyl (C=O) groups is 1. The number of hydrogen-bond donors (Lipinski definition) is 1. The summed E-state index contributed by atoms with van der Waals surface area (Å²) in [5, 5.41) is 9.63. The standard InChI is InChI=1S/C13H16ClNO3/c1-9-6-10(14)2-3-12(9)15-4-5-18-8-11(15)7-13(16)17/h2-3,6,11H,4-5,7-8H2,1H3,(H,16,17). The zero-order valence-electron chi connectivity index (χ0n) is 10.2. The van der Waals surface area contributed by atoms with E-state index in [9.17, 15) is 4.79 Å². The van der Waals surface area contributed by atoms with Gasteiger partial charge < -0.3 is 14.7 Å². The molecule has 0 radical (unpaired) electrons. The van der Waals surface area contributed by atoms with Crippen LogP contribution in [0.25, 0.3) is 0 Å². The fraction of sp³-hybridized carbons (Fsp3) is 0.462. The predicted molar refractivity (Wildman–Crippen MR) is 70.4 cm³/mol. The maximum Gasteiger partial charge on any atom is 0.305 e. The lowest BCUT2D eigenvalue weighted by atomic mass is 10.1. The Hall–Kier alpha value is -1.26. The molecule has 1 heterocycles. The van der Waals surface area contributed by atoms with E-state index in [0.29, 0.717) is 24.8 Å². The molecular weight excluding hydrogens is 254 g/mol. The molecule has 0 aliphatic carbocycles. The molecule has 1 aliphatic rings. The first kappa shape index (κ1) is 13.2. The van der Waals surface area contributed by atoms with Crippen molar-refractivity contribution in [2.24, 2.45) is 0 Å². The summed E-state index contributed by atoms with van der Waals surface area (Å²) in [5.41, 5.74) is 2.09. The van der Waals surface area contributed by atoms with Crippen molar-refractivity contribution in [2.75, 3.05) is 24.7 Å². The lowest BCUT2D eigenvalue weighted by Gasteiger charge is -2.37. The fourth-order valence-electron chi connectivity index (χ4n) is 2.28. The molecule has 5 heteroatoms. The van der Waals surface area contributed by atoms with Gasteiger partial charge in [-0.1, -0.05) is 11.6 Å². The maximum atomic E-state index is 10.9. The second kappa shape index (κ2) is 5.59. The van der Waals surface area contributed by atoms with Gasteiger partial charge in [-0.25, -0.2) is 0 Å². The van der Waals surface area contributed by atoms with Gasteiger partial charge in [0.15, 0.2) is 0 Å². The van der Waals surface area contributed by atoms with Crippen molar-refractivity contribution in [3.8, 4) is 0 Å². The van der Waals surface area contributed by atoms with E-state index in [1.807, 2.05) is 25.1 Å². The van der Waals surface area contributed by atoms with Crippen LogP contribution in [0, 0.1) is 6.92 Å². The zero-order chi connectivity index (χ0) is 13.1. The average molecular weight is 270 g/mol. The second-order valence-corrected chi connectivity index (χ2v) is 4.89. The molecule has 0 saturated carbocycles. The van der Waals surface area contributed by atoms with E-state index in [1.165, 1.54) is 0 Å². The molecule has 1 saturated heterocycles. The molecule has 98 valence electrons. The van der Waals surface area contributed by atoms with Crippen LogP contribution in [0.1, 0.15) is 12.0 Å². The third-order valence-electron chi connectivity index (χ3n) is 3.11. The van der Waals surface area contributed by atoms with E-state index in [1.54, 1.807) is 0 Å². The molecule has 0 bridgehead atoms. The number of aliphatic carboxylic acids is 1. The summed E-state index contributed by atoms with van der Waals surface area (Å²) < 4.78 is 5.37. The van der Waals surface area contributed by atoms with Crippen molar-refractivity contribution < 1.29 is 14.6 Å². The Balaban J connectivity index is 2.24. The molecular formula is C13H16ClNO3. The minimum Gasteiger partial charge on any atom is -0.481 e. The van der Waals surface area contributed by atoms with Gasteiger partial charge in [-0.05, 0) is 30.7 Å². The van der Waals surface area contributed by atoms with E-state index in [2.05, 4.69) is 4.90 Å². The largest absolute Gasteiger partial charge is 0.481 e. The minimum atomic E-state index is -0.804. The molecule has 0 amide bonds. The van der Waals surface area contributed by atoms with Crippen LogP contribution in [0.5, 0.6) is 0 Å². The Morgan fingerprint density at radius 3 is 3.06 bits per heavy atom. The number of halogens is 1. The van der Waals surface area contributed by atoms with Gasteiger partial charge in [0.25, 0.3) is 0 Å². The summed E-state index contributed by atoms with van der Waals surface area (Å²) >= 11 is 5.94. The highest BCUT2D eigenvalue weighted by molar-refractivity contribution is 6.30. The number of benzene rings is 1. The van der Waals surface area contributed by atoms with Gasteiger partial charge in [0.2, 0.25) is 0 Å². The Morgan fingerprint density at radius 1 is 1.61 bits per heavy atom. The summed E-state index contributed by atoms with van der Waals surface area (Å²) in [5.74, 6) is -0.804. The van der Waals surface area contributed by atoms with Gasteiger partial charge in [-0.3, -0.25) is 4.79 Å². The predicted octanol–water partition coefficient (Wildman–Crippen LogP) is 2.33. The number of morpholine rings is 1. The van der Waals surface area contributed by atoms with Crippen LogP contribution in [0.4, 0.5) is 5.69 Å². The normalized spacial score (nSPS) is 19.9. The molecule has 1 aromatic rings. The fourth-order valence-corrected chi connectivity index (χ4v) is 2.51. The van der Waals surface area contributed by atoms with E-state index in [0.717, 1.165) is 11.3 Å². The van der Waals surface area contributed by atoms with E-state index < -0.39 is 5.97 Å². The number of nitrogens with zero attached hydrogens (tertiary/aromatic N) is 1. The summed E-state index contributed by atoms with van der Waals surface area (Å²) in [6, 6.07) is 5.55. The second-order valence-electron chi connectivity index (χ2n) is 4.45. The molecule has 0 spiro atoms. The summed E-state index contributed by atoms with van der Waals surface area (Å²) in [6.45, 7) is 3.77. The minimum absolute atomic E-state index is 0.0854. The van der Waals surface area contributed by atoms with Gasteiger partial charge in [0.05, 0.1) is 25.7 Å². The molecule has 1 N–H and O–H groups in total. The number of anilines is 1. The molecule has 1 aromatic carbocycles. The number of aryl methyl sites for hydroxylation is 1. The van der Waals surface area contributed by atoms with Gasteiger partial charge >= 0.3 is 5.97 Å². The number of carboxylic acids is 1. The van der Waals surface area contributed by atoms with E-state index in [-0.39, 0.29) is 12.5 Å². The lowest BCUT2D eigenvalue weighted by Crippen LogP contribution is -2.47. The molecule has 4 nitrogen and oxygen atoms in total. The van der Waals surface area contributed by atoms with Crippen LogP contribution in [-0.4, -0.2) is 36.9 Å². The van der Waals surface area contributed by atoms with Gasteiger partial charge in [-0.15, -0.1) is 0 Å². The number of ether oxygens (including phenoxy) is 1. The molecule has 2 rings (SSSR count). The molecule has 1 fully saturated rings. The number of rotatable bonds is 3. The first-order valence-electron chi connectivity index (χ1n) is 5.90. The highest BCUT2D eigenvalue weighted by atomic mass is 35.5. The van der Waals surface area contributed by atoms with Crippen LogP contribution >= 0.6 is 11.6 Å². The van der Waals surface area contributed by atoms with Crippen molar-refractivity contribution in [3.05, 3.63) is 28.8 Å². The molecule has 0 aromatic heterocycles. The van der Waals surface area contributed by atoms with Crippen LogP contribution in [-0.2, 0) is 9.53 Å². The highest BCUT2D eigenvalue weighted by Crippen LogP contribution is 2.27. The number of hydrogen-bond acceptors (Lipinski definition) is 3. The topological polar surface area (TPSA) is 49.8 Å². The first-order chi connectivity index (χ1) is 8.58. The third-order valence-corrected chi connectivity index (χ3v) is 3.34. The average Bonchev–Trinajstić information content (AvgIpc) is 2.30. The summed E-state index contributed by atoms with van der Waals surface area (Å²) in [7, 11) is 0. The Bertz CT molecular complexity index is 450. The van der Waals surface area contributed by atoms with Crippen LogP contribution in [0.15, 0.2) is 18.2 Å². The smallest absolute Gasteiger partial charge is 0.305 e. The van der Waals surface area contributed by atoms with Crippen LogP contribution in [0.2, 0.25) is 5.02 Å². The Labute approximate surface area is 111 Å².